The summed E-state index contributed by atoms with van der Waals surface area (Å²) in [5.74, 6) is -0.00527. The third-order valence-corrected chi connectivity index (χ3v) is 3.46. The molecule has 0 N–H and O–H groups in total. The van der Waals surface area contributed by atoms with Crippen molar-refractivity contribution < 1.29 is 22.5 Å². The predicted molar refractivity (Wildman–Crippen MR) is 66.2 cm³/mol. The molecule has 8 heteroatoms. The zero-order valence-electron chi connectivity index (χ0n) is 10.4. The van der Waals surface area contributed by atoms with Crippen LogP contribution in [-0.2, 0) is 6.18 Å². The average Bonchev–Trinajstić information content (AvgIpc) is 3.14. The summed E-state index contributed by atoms with van der Waals surface area (Å²) < 4.78 is 42.7. The molecule has 0 aromatic carbocycles. The van der Waals surface area contributed by atoms with Gasteiger partial charge in [0, 0.05) is 12.1 Å². The van der Waals surface area contributed by atoms with Gasteiger partial charge in [-0.05, 0) is 18.9 Å². The van der Waals surface area contributed by atoms with Crippen LogP contribution < -0.4 is 0 Å². The third-order valence-electron chi connectivity index (χ3n) is 3.17. The zero-order chi connectivity index (χ0) is 15.2. The molecular formula is C13H8ClF3N2O2. The summed E-state index contributed by atoms with van der Waals surface area (Å²) in [5, 5.41) is 3.22. The second kappa shape index (κ2) is 4.84. The molecule has 4 nitrogen and oxygen atoms in total. The number of hydrogen-bond acceptors (Lipinski definition) is 4. The first-order valence-corrected chi connectivity index (χ1v) is 6.47. The lowest BCUT2D eigenvalue weighted by Crippen LogP contribution is -2.10. The Bertz CT molecular complexity index is 708. The number of aromatic nitrogens is 2. The molecule has 21 heavy (non-hydrogen) atoms. The second-order valence-corrected chi connectivity index (χ2v) is 5.17. The molecule has 0 saturated heterocycles. The monoisotopic (exact) mass is 316 g/mol. The molecule has 1 aliphatic carbocycles. The van der Waals surface area contributed by atoms with Gasteiger partial charge < -0.3 is 4.52 Å². The van der Waals surface area contributed by atoms with E-state index in [1.165, 1.54) is 6.20 Å². The highest BCUT2D eigenvalue weighted by Gasteiger charge is 2.35. The van der Waals surface area contributed by atoms with Crippen LogP contribution in [0.4, 0.5) is 13.2 Å². The fourth-order valence-electron chi connectivity index (χ4n) is 1.95. The van der Waals surface area contributed by atoms with Gasteiger partial charge in [-0.25, -0.2) is 0 Å². The van der Waals surface area contributed by atoms with Crippen molar-refractivity contribution in [2.24, 2.45) is 0 Å². The van der Waals surface area contributed by atoms with Crippen molar-refractivity contribution in [2.45, 2.75) is 24.9 Å². The highest BCUT2D eigenvalue weighted by atomic mass is 35.5. The third kappa shape index (κ3) is 2.65. The summed E-state index contributed by atoms with van der Waals surface area (Å²) >= 11 is 5.76. The fraction of sp³-hybridized carbons (Fsp3) is 0.308. The minimum Gasteiger partial charge on any atom is -0.360 e. The number of ketones is 1. The van der Waals surface area contributed by atoms with Crippen LogP contribution in [0.2, 0.25) is 5.02 Å². The molecule has 0 aliphatic heterocycles. The van der Waals surface area contributed by atoms with Crippen LogP contribution >= 0.6 is 11.6 Å². The molecule has 3 rings (SSSR count). The van der Waals surface area contributed by atoms with E-state index in [0.717, 1.165) is 12.8 Å². The molecule has 1 aliphatic rings. The van der Waals surface area contributed by atoms with E-state index in [9.17, 15) is 18.0 Å². The Morgan fingerprint density at radius 2 is 2.05 bits per heavy atom. The van der Waals surface area contributed by atoms with Crippen LogP contribution in [0.3, 0.4) is 0 Å². The summed E-state index contributed by atoms with van der Waals surface area (Å²) in [6.45, 7) is 0. The first-order chi connectivity index (χ1) is 9.88. The van der Waals surface area contributed by atoms with Gasteiger partial charge in [-0.2, -0.15) is 13.2 Å². The van der Waals surface area contributed by atoms with E-state index in [4.69, 9.17) is 16.1 Å². The van der Waals surface area contributed by atoms with E-state index in [-0.39, 0.29) is 22.2 Å². The quantitative estimate of drug-likeness (QED) is 0.807. The number of rotatable bonds is 3. The molecule has 0 bridgehead atoms. The van der Waals surface area contributed by atoms with E-state index in [1.54, 1.807) is 0 Å². The standard InChI is InChI=1S/C13H8ClF3N2O2/c14-9-3-7(13(15,16)17)4-18-10(9)11(20)8-5-19-21-12(8)6-1-2-6/h3-6H,1-2H2. The lowest BCUT2D eigenvalue weighted by atomic mass is 10.1. The zero-order valence-corrected chi connectivity index (χ0v) is 11.2. The Morgan fingerprint density at radius 3 is 2.62 bits per heavy atom. The molecule has 1 saturated carbocycles. The van der Waals surface area contributed by atoms with E-state index in [1.807, 2.05) is 0 Å². The van der Waals surface area contributed by atoms with Crippen LogP contribution in [-0.4, -0.2) is 15.9 Å². The summed E-state index contributed by atoms with van der Waals surface area (Å²) in [4.78, 5) is 15.9. The predicted octanol–water partition coefficient (Wildman–Crippen LogP) is 3.85. The number of hydrogen-bond donors (Lipinski definition) is 0. The number of halogens is 4. The summed E-state index contributed by atoms with van der Waals surface area (Å²) in [7, 11) is 0. The average molecular weight is 317 g/mol. The normalized spacial score (nSPS) is 15.2. The van der Waals surface area contributed by atoms with Gasteiger partial charge in [0.25, 0.3) is 0 Å². The van der Waals surface area contributed by atoms with Gasteiger partial charge in [0.2, 0.25) is 5.78 Å². The first-order valence-electron chi connectivity index (χ1n) is 6.10. The van der Waals surface area contributed by atoms with Crippen molar-refractivity contribution >= 4 is 17.4 Å². The van der Waals surface area contributed by atoms with Crippen molar-refractivity contribution in [1.29, 1.82) is 0 Å². The van der Waals surface area contributed by atoms with Crippen LogP contribution in [0.15, 0.2) is 23.0 Å². The van der Waals surface area contributed by atoms with Crippen molar-refractivity contribution in [3.05, 3.63) is 46.1 Å². The number of carbonyl (C=O) groups excluding carboxylic acids is 1. The summed E-state index contributed by atoms with van der Waals surface area (Å²) in [6.07, 6.45) is -0.947. The molecule has 0 radical (unpaired) electrons. The smallest absolute Gasteiger partial charge is 0.360 e. The van der Waals surface area contributed by atoms with Gasteiger partial charge in [0.1, 0.15) is 5.69 Å². The van der Waals surface area contributed by atoms with Gasteiger partial charge in [-0.1, -0.05) is 16.8 Å². The maximum atomic E-state index is 12.5. The number of alkyl halides is 3. The molecule has 2 aromatic rings. The van der Waals surface area contributed by atoms with Gasteiger partial charge in [0.15, 0.2) is 5.76 Å². The lowest BCUT2D eigenvalue weighted by molar-refractivity contribution is -0.137. The Kier molecular flexibility index (Phi) is 3.24. The lowest BCUT2D eigenvalue weighted by Gasteiger charge is -2.08. The molecule has 110 valence electrons. The SMILES string of the molecule is O=C(c1cnoc1C1CC1)c1ncc(C(F)(F)F)cc1Cl. The van der Waals surface area contributed by atoms with Gasteiger partial charge in [-0.15, -0.1) is 0 Å². The van der Waals surface area contributed by atoms with E-state index in [2.05, 4.69) is 10.1 Å². The van der Waals surface area contributed by atoms with Gasteiger partial charge in [-0.3, -0.25) is 9.78 Å². The van der Waals surface area contributed by atoms with Crippen molar-refractivity contribution in [3.8, 4) is 0 Å². The molecule has 0 atom stereocenters. The van der Waals surface area contributed by atoms with E-state index in [0.29, 0.717) is 18.0 Å². The molecule has 0 unspecified atom stereocenters. The van der Waals surface area contributed by atoms with Crippen LogP contribution in [0.1, 0.15) is 46.1 Å². The van der Waals surface area contributed by atoms with Gasteiger partial charge in [0.05, 0.1) is 22.3 Å². The van der Waals surface area contributed by atoms with E-state index < -0.39 is 17.5 Å². The highest BCUT2D eigenvalue weighted by Crippen LogP contribution is 2.42. The van der Waals surface area contributed by atoms with Crippen LogP contribution in [0, 0.1) is 0 Å². The maximum absolute atomic E-state index is 12.5. The highest BCUT2D eigenvalue weighted by molar-refractivity contribution is 6.34. The fourth-order valence-corrected chi connectivity index (χ4v) is 2.20. The molecule has 2 aromatic heterocycles. The Hall–Kier alpha value is -1.89. The second-order valence-electron chi connectivity index (χ2n) is 4.76. The Morgan fingerprint density at radius 1 is 1.33 bits per heavy atom. The summed E-state index contributed by atoms with van der Waals surface area (Å²) in [6, 6.07) is 0.687. The topological polar surface area (TPSA) is 56.0 Å². The van der Waals surface area contributed by atoms with E-state index >= 15 is 0 Å². The van der Waals surface area contributed by atoms with Gasteiger partial charge >= 0.3 is 6.18 Å². The molecule has 2 heterocycles. The molecule has 0 spiro atoms. The van der Waals surface area contributed by atoms with Crippen LogP contribution in [0.5, 0.6) is 0 Å². The largest absolute Gasteiger partial charge is 0.417 e. The number of pyridine rings is 1. The molecular weight excluding hydrogens is 309 g/mol. The molecule has 1 fully saturated rings. The summed E-state index contributed by atoms with van der Waals surface area (Å²) in [5.41, 5.74) is -1.04. The number of nitrogens with zero attached hydrogens (tertiary/aromatic N) is 2. The minimum atomic E-state index is -4.56. The molecule has 0 amide bonds. The maximum Gasteiger partial charge on any atom is 0.417 e. The van der Waals surface area contributed by atoms with Crippen molar-refractivity contribution in [2.75, 3.05) is 0 Å². The minimum absolute atomic E-state index is 0.139. The Labute approximate surface area is 121 Å². The number of carbonyl (C=O) groups is 1. The first kappa shape index (κ1) is 14.1. The Balaban J connectivity index is 1.96. The van der Waals surface area contributed by atoms with Crippen molar-refractivity contribution in [1.82, 2.24) is 10.1 Å². The van der Waals surface area contributed by atoms with Crippen molar-refractivity contribution in [3.63, 3.8) is 0 Å². The van der Waals surface area contributed by atoms with Crippen LogP contribution in [0.25, 0.3) is 0 Å².